The van der Waals surface area contributed by atoms with Crippen LogP contribution < -0.4 is 14.8 Å². The van der Waals surface area contributed by atoms with Crippen LogP contribution in [-0.2, 0) is 0 Å². The fourth-order valence-corrected chi connectivity index (χ4v) is 1.81. The van der Waals surface area contributed by atoms with Crippen LogP contribution in [0.25, 0.3) is 0 Å². The average molecular weight is 282 g/mol. The Hall–Kier alpha value is -3.00. The first kappa shape index (κ1) is 14.4. The maximum Gasteiger partial charge on any atom is 0.255 e. The van der Waals surface area contributed by atoms with E-state index in [1.54, 1.807) is 36.4 Å². The Labute approximate surface area is 122 Å². The highest BCUT2D eigenvalue weighted by Crippen LogP contribution is 2.26. The van der Waals surface area contributed by atoms with Gasteiger partial charge in [-0.3, -0.25) is 4.79 Å². The molecule has 5 nitrogen and oxygen atoms in total. The molecule has 0 spiro atoms. The molecular formula is C16H14N2O3. The van der Waals surface area contributed by atoms with E-state index in [-0.39, 0.29) is 5.91 Å². The van der Waals surface area contributed by atoms with E-state index in [0.29, 0.717) is 28.3 Å². The van der Waals surface area contributed by atoms with Crippen LogP contribution in [0.2, 0.25) is 0 Å². The molecule has 0 aliphatic carbocycles. The molecule has 0 fully saturated rings. The van der Waals surface area contributed by atoms with Crippen molar-refractivity contribution in [2.75, 3.05) is 19.5 Å². The minimum Gasteiger partial charge on any atom is -0.497 e. The third-order valence-corrected chi connectivity index (χ3v) is 2.86. The van der Waals surface area contributed by atoms with E-state index in [2.05, 4.69) is 5.32 Å². The molecule has 5 heteroatoms. The maximum atomic E-state index is 12.2. The molecule has 0 unspecified atom stereocenters. The van der Waals surface area contributed by atoms with Gasteiger partial charge in [0.25, 0.3) is 5.91 Å². The Morgan fingerprint density at radius 2 is 1.76 bits per heavy atom. The summed E-state index contributed by atoms with van der Waals surface area (Å²) in [6, 6.07) is 13.6. The van der Waals surface area contributed by atoms with Crippen molar-refractivity contribution >= 4 is 11.6 Å². The van der Waals surface area contributed by atoms with Gasteiger partial charge in [0.15, 0.2) is 0 Å². The smallest absolute Gasteiger partial charge is 0.255 e. The number of hydrogen-bond donors (Lipinski definition) is 1. The molecule has 1 amide bonds. The topological polar surface area (TPSA) is 71.3 Å². The van der Waals surface area contributed by atoms with Crippen LogP contribution in [-0.4, -0.2) is 20.1 Å². The number of amides is 1. The number of carbonyl (C=O) groups is 1. The van der Waals surface area contributed by atoms with E-state index in [0.717, 1.165) is 0 Å². The summed E-state index contributed by atoms with van der Waals surface area (Å²) in [5.41, 5.74) is 1.40. The molecule has 21 heavy (non-hydrogen) atoms. The lowest BCUT2D eigenvalue weighted by Gasteiger charge is -2.10. The molecule has 2 rings (SSSR count). The molecule has 0 bridgehead atoms. The largest absolute Gasteiger partial charge is 0.497 e. The van der Waals surface area contributed by atoms with E-state index in [1.165, 1.54) is 20.3 Å². The minimum absolute atomic E-state index is 0.303. The van der Waals surface area contributed by atoms with Gasteiger partial charge in [0.05, 0.1) is 25.9 Å². The number of benzene rings is 2. The second kappa shape index (κ2) is 6.44. The molecule has 0 saturated carbocycles. The molecule has 0 radical (unpaired) electrons. The van der Waals surface area contributed by atoms with Crippen molar-refractivity contribution in [1.82, 2.24) is 0 Å². The van der Waals surface area contributed by atoms with Crippen LogP contribution in [0.5, 0.6) is 11.5 Å². The summed E-state index contributed by atoms with van der Waals surface area (Å²) >= 11 is 0. The lowest BCUT2D eigenvalue weighted by atomic mass is 10.1. The molecular weight excluding hydrogens is 268 g/mol. The summed E-state index contributed by atoms with van der Waals surface area (Å²) < 4.78 is 10.3. The highest BCUT2D eigenvalue weighted by Gasteiger charge is 2.09. The zero-order valence-corrected chi connectivity index (χ0v) is 11.7. The highest BCUT2D eigenvalue weighted by atomic mass is 16.5. The van der Waals surface area contributed by atoms with Gasteiger partial charge >= 0.3 is 0 Å². The lowest BCUT2D eigenvalue weighted by Crippen LogP contribution is -2.12. The third kappa shape index (κ3) is 3.51. The predicted molar refractivity (Wildman–Crippen MR) is 78.7 cm³/mol. The normalized spacial score (nSPS) is 9.57. The Bertz CT molecular complexity index is 683. The summed E-state index contributed by atoms with van der Waals surface area (Å²) in [5, 5.41) is 11.6. The van der Waals surface area contributed by atoms with Gasteiger partial charge in [-0.15, -0.1) is 0 Å². The molecule has 0 aliphatic rings. The van der Waals surface area contributed by atoms with Crippen LogP contribution in [0.1, 0.15) is 15.9 Å². The number of nitrogens with one attached hydrogen (secondary N) is 1. The summed E-state index contributed by atoms with van der Waals surface area (Å²) in [4.78, 5) is 12.2. The van der Waals surface area contributed by atoms with Gasteiger partial charge in [0.1, 0.15) is 11.5 Å². The molecule has 2 aromatic carbocycles. The quantitative estimate of drug-likeness (QED) is 0.936. The Morgan fingerprint density at radius 3 is 2.33 bits per heavy atom. The Morgan fingerprint density at radius 1 is 1.10 bits per heavy atom. The van der Waals surface area contributed by atoms with Gasteiger partial charge in [-0.2, -0.15) is 5.26 Å². The van der Waals surface area contributed by atoms with Gasteiger partial charge in [-0.05, 0) is 18.2 Å². The van der Waals surface area contributed by atoms with Gasteiger partial charge in [0.2, 0.25) is 0 Å². The van der Waals surface area contributed by atoms with Crippen molar-refractivity contribution in [2.24, 2.45) is 0 Å². The number of carbonyl (C=O) groups excluding carboxylic acids is 1. The van der Waals surface area contributed by atoms with E-state index in [1.807, 2.05) is 6.07 Å². The maximum absolute atomic E-state index is 12.2. The van der Waals surface area contributed by atoms with Crippen LogP contribution >= 0.6 is 0 Å². The number of ether oxygens (including phenoxy) is 2. The summed E-state index contributed by atoms with van der Waals surface area (Å²) in [6.45, 7) is 0. The summed E-state index contributed by atoms with van der Waals surface area (Å²) in [6.07, 6.45) is 0. The first-order valence-corrected chi connectivity index (χ1v) is 6.21. The summed E-state index contributed by atoms with van der Waals surface area (Å²) in [5.74, 6) is 0.855. The zero-order chi connectivity index (χ0) is 15.2. The first-order chi connectivity index (χ1) is 10.2. The summed E-state index contributed by atoms with van der Waals surface area (Å²) in [7, 11) is 3.08. The van der Waals surface area contributed by atoms with Gasteiger partial charge in [-0.25, -0.2) is 0 Å². The van der Waals surface area contributed by atoms with Crippen LogP contribution in [0, 0.1) is 11.3 Å². The number of nitrogens with zero attached hydrogens (tertiary/aromatic N) is 1. The van der Waals surface area contributed by atoms with Crippen molar-refractivity contribution in [2.45, 2.75) is 0 Å². The van der Waals surface area contributed by atoms with Gasteiger partial charge in [0, 0.05) is 29.4 Å². The fourth-order valence-electron chi connectivity index (χ4n) is 1.81. The van der Waals surface area contributed by atoms with Crippen molar-refractivity contribution in [1.29, 1.82) is 5.26 Å². The molecule has 0 aliphatic heterocycles. The molecule has 0 aromatic heterocycles. The van der Waals surface area contributed by atoms with E-state index in [4.69, 9.17) is 14.7 Å². The second-order valence-electron chi connectivity index (χ2n) is 4.25. The second-order valence-corrected chi connectivity index (χ2v) is 4.25. The minimum atomic E-state index is -0.303. The average Bonchev–Trinajstić information content (AvgIpc) is 2.54. The van der Waals surface area contributed by atoms with Gasteiger partial charge < -0.3 is 14.8 Å². The monoisotopic (exact) mass is 282 g/mol. The molecule has 0 heterocycles. The first-order valence-electron chi connectivity index (χ1n) is 6.21. The van der Waals surface area contributed by atoms with Crippen molar-refractivity contribution in [3.8, 4) is 17.6 Å². The standard InChI is InChI=1S/C16H14N2O3/c1-20-14-7-13(8-15(9-14)21-2)18-16(19)12-5-3-4-11(6-12)10-17/h3-9H,1-2H3,(H,18,19). The number of anilines is 1. The number of rotatable bonds is 4. The van der Waals surface area contributed by atoms with E-state index >= 15 is 0 Å². The SMILES string of the molecule is COc1cc(NC(=O)c2cccc(C#N)c2)cc(OC)c1. The van der Waals surface area contributed by atoms with Crippen LogP contribution in [0.3, 0.4) is 0 Å². The fraction of sp³-hybridized carbons (Fsp3) is 0.125. The molecule has 1 N–H and O–H groups in total. The number of nitriles is 1. The predicted octanol–water partition coefficient (Wildman–Crippen LogP) is 2.83. The number of methoxy groups -OCH3 is 2. The lowest BCUT2D eigenvalue weighted by molar-refractivity contribution is 0.102. The molecule has 106 valence electrons. The molecule has 0 atom stereocenters. The molecule has 2 aromatic rings. The van der Waals surface area contributed by atoms with Crippen LogP contribution in [0.4, 0.5) is 5.69 Å². The van der Waals surface area contributed by atoms with Crippen LogP contribution in [0.15, 0.2) is 42.5 Å². The van der Waals surface area contributed by atoms with Crippen molar-refractivity contribution < 1.29 is 14.3 Å². The molecule has 0 saturated heterocycles. The zero-order valence-electron chi connectivity index (χ0n) is 11.7. The number of hydrogen-bond acceptors (Lipinski definition) is 4. The van der Waals surface area contributed by atoms with Crippen molar-refractivity contribution in [3.63, 3.8) is 0 Å². The highest BCUT2D eigenvalue weighted by molar-refractivity contribution is 6.04. The van der Waals surface area contributed by atoms with E-state index in [9.17, 15) is 4.79 Å². The van der Waals surface area contributed by atoms with Gasteiger partial charge in [-0.1, -0.05) is 6.07 Å². The third-order valence-electron chi connectivity index (χ3n) is 2.86. The Balaban J connectivity index is 2.24. The van der Waals surface area contributed by atoms with Crippen molar-refractivity contribution in [3.05, 3.63) is 53.6 Å². The van der Waals surface area contributed by atoms with E-state index < -0.39 is 0 Å². The Kier molecular flexibility index (Phi) is 4.42.